The minimum Gasteiger partial charge on any atom is -0.309 e. The molecule has 14 aromatic carbocycles. The molecule has 0 radical (unpaired) electrons. The minimum atomic E-state index is -0.145. The number of nitriles is 4. The van der Waals surface area contributed by atoms with Crippen LogP contribution in [0, 0.1) is 45.3 Å². The van der Waals surface area contributed by atoms with Crippen molar-refractivity contribution in [3.8, 4) is 63.8 Å². The van der Waals surface area contributed by atoms with Crippen molar-refractivity contribution >= 4 is 131 Å². The number of para-hydroxylation sites is 5. The summed E-state index contributed by atoms with van der Waals surface area (Å²) in [5.41, 5.74) is 18.2. The fourth-order valence-corrected chi connectivity index (χ4v) is 16.1. The van der Waals surface area contributed by atoms with Crippen LogP contribution in [0.15, 0.2) is 267 Å². The summed E-state index contributed by atoms with van der Waals surface area (Å²) in [5.74, 6) is 0. The smallest absolute Gasteiger partial charge is 0.101 e. The summed E-state index contributed by atoms with van der Waals surface area (Å²) in [7, 11) is 0. The third-order valence-electron chi connectivity index (χ3n) is 20.3. The van der Waals surface area contributed by atoms with Gasteiger partial charge in [-0.3, -0.25) is 0 Å². The number of benzene rings is 14. The molecule has 97 heavy (non-hydrogen) atoms. The fraction of sp³-hybridized carbons (Fsp3) is 0.0455. The SMILES string of the molecule is CC(C)(C)c1ccc2c(c1)c1c3cccc(-c4ccc5c(c4)c4ccccc4n5-c4ccc5c(c4)c4c6ccccc6ccc4n5-c4cc(C#N)c(-n5c6ccccc6c6ccccc65)c(C#N)c4)c3ccc1n2-c1cc(C#N)c(-n2c3ccccc3c3ccccc32)c(C#N)c1. The Balaban J connectivity index is 0.777. The van der Waals surface area contributed by atoms with E-state index in [2.05, 4.69) is 262 Å². The maximum Gasteiger partial charge on any atom is 0.101 e. The molecule has 0 aliphatic carbocycles. The Bertz CT molecular complexity index is 6740. The standard InChI is InChI=1S/C88H53N9/c1-88(2,3)58-33-38-80-72(46-58)85-70-25-16-24-62(64(70)35-40-83(85)94(80)60-41-54(48-89)86(55(42-60)49-90)96-75-27-12-6-19-65(75)66-20-7-13-28-76(66)96)53-32-36-79-71(45-53)69-23-10-11-26-74(69)93(79)59-34-39-81-73(47-59)84-63-18-5-4-17-52(63)31-37-82(84)95(81)61-43-56(50-91)87(57(44-61)51-92)97-77-29-14-8-21-67(77)68-22-9-15-30-78(68)97/h4-47H,1-3H3. The molecule has 0 fully saturated rings. The van der Waals surface area contributed by atoms with Crippen molar-refractivity contribution < 1.29 is 0 Å². The summed E-state index contributed by atoms with van der Waals surface area (Å²) in [4.78, 5) is 0. The highest BCUT2D eigenvalue weighted by atomic mass is 15.0. The zero-order chi connectivity index (χ0) is 65.1. The first kappa shape index (κ1) is 55.2. The average molecular weight is 1240 g/mol. The fourth-order valence-electron chi connectivity index (χ4n) is 16.1. The van der Waals surface area contributed by atoms with Crippen LogP contribution in [0.3, 0.4) is 0 Å². The minimum absolute atomic E-state index is 0.145. The van der Waals surface area contributed by atoms with Gasteiger partial charge in [-0.15, -0.1) is 0 Å². The van der Waals surface area contributed by atoms with Gasteiger partial charge in [0.05, 0.1) is 88.8 Å². The van der Waals surface area contributed by atoms with E-state index in [1.54, 1.807) is 0 Å². The molecule has 0 atom stereocenters. The predicted octanol–water partition coefficient (Wildman–Crippen LogP) is 21.9. The van der Waals surface area contributed by atoms with E-state index in [0.717, 1.165) is 159 Å². The number of hydrogen-bond donors (Lipinski definition) is 0. The molecule has 0 saturated carbocycles. The molecule has 0 N–H and O–H groups in total. The van der Waals surface area contributed by atoms with Crippen molar-refractivity contribution in [3.63, 3.8) is 0 Å². The summed E-state index contributed by atoms with van der Waals surface area (Å²) in [6.07, 6.45) is 0. The molecule has 0 bridgehead atoms. The van der Waals surface area contributed by atoms with Gasteiger partial charge in [-0.05, 0) is 153 Å². The second-order valence-corrected chi connectivity index (χ2v) is 26.4. The van der Waals surface area contributed by atoms with Crippen LogP contribution in [0.5, 0.6) is 0 Å². The maximum atomic E-state index is 11.2. The topological polar surface area (TPSA) is 120 Å². The summed E-state index contributed by atoms with van der Waals surface area (Å²) >= 11 is 0. The van der Waals surface area contributed by atoms with Gasteiger partial charge in [0.2, 0.25) is 0 Å². The number of hydrogen-bond acceptors (Lipinski definition) is 4. The molecule has 5 heterocycles. The second-order valence-electron chi connectivity index (χ2n) is 26.4. The molecular formula is C88H53N9. The number of fused-ring (bicyclic) bond motifs is 19. The Kier molecular flexibility index (Phi) is 11.7. The van der Waals surface area contributed by atoms with E-state index in [0.29, 0.717) is 33.6 Å². The highest BCUT2D eigenvalue weighted by Crippen LogP contribution is 2.46. The van der Waals surface area contributed by atoms with Crippen molar-refractivity contribution in [3.05, 3.63) is 295 Å². The highest BCUT2D eigenvalue weighted by Gasteiger charge is 2.27. The predicted molar refractivity (Wildman–Crippen MR) is 396 cm³/mol. The first-order chi connectivity index (χ1) is 47.6. The number of rotatable bonds is 6. The summed E-state index contributed by atoms with van der Waals surface area (Å²) < 4.78 is 11.0. The maximum absolute atomic E-state index is 11.2. The van der Waals surface area contributed by atoms with E-state index < -0.39 is 0 Å². The number of nitrogens with zero attached hydrogens (tertiary/aromatic N) is 9. The van der Waals surface area contributed by atoms with Crippen molar-refractivity contribution in [2.24, 2.45) is 0 Å². The van der Waals surface area contributed by atoms with E-state index in [4.69, 9.17) is 0 Å². The van der Waals surface area contributed by atoms with Crippen LogP contribution in [0.2, 0.25) is 0 Å². The normalized spacial score (nSPS) is 12.0. The molecule has 0 spiro atoms. The highest BCUT2D eigenvalue weighted by molar-refractivity contribution is 6.25. The van der Waals surface area contributed by atoms with Crippen LogP contribution in [-0.2, 0) is 5.41 Å². The number of aromatic nitrogens is 5. The van der Waals surface area contributed by atoms with Gasteiger partial charge < -0.3 is 22.8 Å². The van der Waals surface area contributed by atoms with Gasteiger partial charge in [0.15, 0.2) is 0 Å². The molecular weight excluding hydrogens is 1180 g/mol. The largest absolute Gasteiger partial charge is 0.309 e. The quantitative estimate of drug-likeness (QED) is 0.165. The third kappa shape index (κ3) is 7.83. The summed E-state index contributed by atoms with van der Waals surface area (Å²) in [6.45, 7) is 6.74. The van der Waals surface area contributed by atoms with Crippen molar-refractivity contribution in [1.82, 2.24) is 22.8 Å². The Morgan fingerprint density at radius 1 is 0.258 bits per heavy atom. The molecule has 5 aromatic heterocycles. The van der Waals surface area contributed by atoms with Gasteiger partial charge in [0.1, 0.15) is 24.3 Å². The van der Waals surface area contributed by atoms with E-state index in [-0.39, 0.29) is 5.41 Å². The van der Waals surface area contributed by atoms with E-state index in [1.807, 2.05) is 72.8 Å². The molecule has 0 aliphatic heterocycles. The lowest BCUT2D eigenvalue weighted by Crippen LogP contribution is -2.10. The van der Waals surface area contributed by atoms with Crippen molar-refractivity contribution in [2.75, 3.05) is 0 Å². The van der Waals surface area contributed by atoms with E-state index in [1.165, 1.54) is 5.56 Å². The molecule has 19 rings (SSSR count). The molecule has 0 saturated heterocycles. The van der Waals surface area contributed by atoms with Crippen LogP contribution >= 0.6 is 0 Å². The van der Waals surface area contributed by atoms with Crippen LogP contribution in [-0.4, -0.2) is 22.8 Å². The van der Waals surface area contributed by atoms with E-state index in [9.17, 15) is 21.0 Å². The molecule has 0 aliphatic rings. The molecule has 0 amide bonds. The Morgan fingerprint density at radius 3 is 1.15 bits per heavy atom. The van der Waals surface area contributed by atoms with Crippen LogP contribution in [0.4, 0.5) is 0 Å². The Labute approximate surface area is 556 Å². The monoisotopic (exact) mass is 1240 g/mol. The zero-order valence-electron chi connectivity index (χ0n) is 52.9. The van der Waals surface area contributed by atoms with Gasteiger partial charge >= 0.3 is 0 Å². The molecule has 9 nitrogen and oxygen atoms in total. The molecule has 450 valence electrons. The molecule has 19 aromatic rings. The van der Waals surface area contributed by atoms with Crippen LogP contribution in [0.1, 0.15) is 48.6 Å². The van der Waals surface area contributed by atoms with Gasteiger partial charge in [-0.25, -0.2) is 0 Å². The van der Waals surface area contributed by atoms with Gasteiger partial charge in [-0.1, -0.05) is 178 Å². The van der Waals surface area contributed by atoms with Gasteiger partial charge in [0, 0.05) is 70.9 Å². The summed E-state index contributed by atoms with van der Waals surface area (Å²) in [5, 5.41) is 59.8. The van der Waals surface area contributed by atoms with E-state index >= 15 is 0 Å². The molecule has 0 unspecified atom stereocenters. The van der Waals surface area contributed by atoms with Crippen LogP contribution in [0.25, 0.3) is 170 Å². The second kappa shape index (κ2) is 20.5. The van der Waals surface area contributed by atoms with Crippen LogP contribution < -0.4 is 0 Å². The average Bonchev–Trinajstić information content (AvgIpc) is 1.58. The van der Waals surface area contributed by atoms with Crippen molar-refractivity contribution in [1.29, 1.82) is 21.0 Å². The summed E-state index contributed by atoms with van der Waals surface area (Å²) in [6, 6.07) is 104. The first-order valence-electron chi connectivity index (χ1n) is 32.6. The van der Waals surface area contributed by atoms with Crippen molar-refractivity contribution in [2.45, 2.75) is 26.2 Å². The first-order valence-corrected chi connectivity index (χ1v) is 32.6. The molecule has 9 heteroatoms. The Morgan fingerprint density at radius 2 is 0.639 bits per heavy atom. The Hall–Kier alpha value is -13.4. The zero-order valence-corrected chi connectivity index (χ0v) is 52.9. The lowest BCUT2D eigenvalue weighted by Gasteiger charge is -2.19. The van der Waals surface area contributed by atoms with Gasteiger partial charge in [-0.2, -0.15) is 21.0 Å². The lowest BCUT2D eigenvalue weighted by atomic mass is 9.86. The van der Waals surface area contributed by atoms with Gasteiger partial charge in [0.25, 0.3) is 0 Å². The lowest BCUT2D eigenvalue weighted by molar-refractivity contribution is 0.591. The third-order valence-corrected chi connectivity index (χ3v) is 20.3.